The second kappa shape index (κ2) is 9.56. The van der Waals surface area contributed by atoms with Gasteiger partial charge in [-0.05, 0) is 37.3 Å². The zero-order valence-electron chi connectivity index (χ0n) is 14.3. The van der Waals surface area contributed by atoms with E-state index in [4.69, 9.17) is 0 Å². The van der Waals surface area contributed by atoms with Gasteiger partial charge in [-0.3, -0.25) is 4.79 Å². The molecule has 4 nitrogen and oxygen atoms in total. The van der Waals surface area contributed by atoms with E-state index in [2.05, 4.69) is 23.2 Å². The molecule has 0 bridgehead atoms. The fourth-order valence-corrected chi connectivity index (χ4v) is 3.14. The Kier molecular flexibility index (Phi) is 7.40. The summed E-state index contributed by atoms with van der Waals surface area (Å²) >= 11 is 0. The summed E-state index contributed by atoms with van der Waals surface area (Å²) in [5.41, 5.74) is 2.02. The predicted molar refractivity (Wildman–Crippen MR) is 95.9 cm³/mol. The van der Waals surface area contributed by atoms with E-state index in [1.807, 2.05) is 18.2 Å². The van der Waals surface area contributed by atoms with Crippen molar-refractivity contribution in [2.75, 3.05) is 29.9 Å². The van der Waals surface area contributed by atoms with Crippen LogP contribution in [0.5, 0.6) is 0 Å². The average molecular weight is 318 g/mol. The molecule has 1 fully saturated rings. The highest BCUT2D eigenvalue weighted by Crippen LogP contribution is 2.29. The lowest BCUT2D eigenvalue weighted by Crippen LogP contribution is -2.35. The molecular weight excluding hydrogens is 288 g/mol. The fraction of sp³-hybridized carbons (Fsp3) is 0.632. The molecule has 1 amide bonds. The molecule has 0 radical (unpaired) electrons. The van der Waals surface area contributed by atoms with Crippen LogP contribution in [0.4, 0.5) is 11.4 Å². The molecule has 0 aromatic heterocycles. The number of unbranched alkanes of at least 4 members (excludes halogenated alkanes) is 3. The molecule has 0 aliphatic carbocycles. The van der Waals surface area contributed by atoms with Gasteiger partial charge in [0.25, 0.3) is 0 Å². The van der Waals surface area contributed by atoms with Gasteiger partial charge in [0, 0.05) is 26.1 Å². The maximum absolute atomic E-state index is 12.1. The molecule has 0 saturated carbocycles. The molecule has 23 heavy (non-hydrogen) atoms. The molecule has 2 rings (SSSR count). The first-order chi connectivity index (χ1) is 11.2. The number of benzene rings is 1. The lowest BCUT2D eigenvalue weighted by atomic mass is 9.97. The van der Waals surface area contributed by atoms with Crippen molar-refractivity contribution >= 4 is 17.3 Å². The minimum absolute atomic E-state index is 0.110. The molecule has 1 heterocycles. The van der Waals surface area contributed by atoms with Crippen molar-refractivity contribution in [3.63, 3.8) is 0 Å². The number of para-hydroxylation sites is 2. The second-order valence-corrected chi connectivity index (χ2v) is 6.49. The maximum atomic E-state index is 12.1. The Morgan fingerprint density at radius 3 is 2.65 bits per heavy atom. The first-order valence-electron chi connectivity index (χ1n) is 8.99. The van der Waals surface area contributed by atoms with E-state index in [-0.39, 0.29) is 12.5 Å². The van der Waals surface area contributed by atoms with E-state index in [9.17, 15) is 9.90 Å². The van der Waals surface area contributed by atoms with Gasteiger partial charge < -0.3 is 15.3 Å². The van der Waals surface area contributed by atoms with Gasteiger partial charge in [-0.1, -0.05) is 38.3 Å². The number of aliphatic hydroxyl groups is 1. The highest BCUT2D eigenvalue weighted by molar-refractivity contribution is 5.94. The SMILES string of the molecule is CCCCCCC(=O)Nc1ccccc1N1CCC(CO)CC1. The van der Waals surface area contributed by atoms with Gasteiger partial charge >= 0.3 is 0 Å². The summed E-state index contributed by atoms with van der Waals surface area (Å²) in [6, 6.07) is 8.05. The molecule has 1 aromatic carbocycles. The Morgan fingerprint density at radius 1 is 1.22 bits per heavy atom. The summed E-state index contributed by atoms with van der Waals surface area (Å²) in [5, 5.41) is 12.3. The number of hydrogen-bond acceptors (Lipinski definition) is 3. The van der Waals surface area contributed by atoms with Gasteiger partial charge in [0.15, 0.2) is 0 Å². The van der Waals surface area contributed by atoms with Crippen LogP contribution in [0.15, 0.2) is 24.3 Å². The minimum Gasteiger partial charge on any atom is -0.396 e. The summed E-state index contributed by atoms with van der Waals surface area (Å²) < 4.78 is 0. The van der Waals surface area contributed by atoms with Crippen molar-refractivity contribution in [1.29, 1.82) is 0 Å². The molecule has 4 heteroatoms. The number of hydrogen-bond donors (Lipinski definition) is 2. The average Bonchev–Trinajstić information content (AvgIpc) is 2.59. The molecule has 1 saturated heterocycles. The Labute approximate surface area is 139 Å². The number of nitrogens with one attached hydrogen (secondary N) is 1. The van der Waals surface area contributed by atoms with Crippen LogP contribution in [-0.2, 0) is 4.79 Å². The van der Waals surface area contributed by atoms with Gasteiger partial charge in [0.2, 0.25) is 5.91 Å². The van der Waals surface area contributed by atoms with Crippen LogP contribution in [0, 0.1) is 5.92 Å². The number of carbonyl (C=O) groups excluding carboxylic acids is 1. The number of anilines is 2. The molecule has 1 aliphatic rings. The summed E-state index contributed by atoms with van der Waals surface area (Å²) in [7, 11) is 0. The number of carbonyl (C=O) groups is 1. The molecule has 1 aromatic rings. The van der Waals surface area contributed by atoms with E-state index >= 15 is 0 Å². The second-order valence-electron chi connectivity index (χ2n) is 6.49. The Balaban J connectivity index is 1.91. The summed E-state index contributed by atoms with van der Waals surface area (Å²) in [4.78, 5) is 14.5. The van der Waals surface area contributed by atoms with E-state index < -0.39 is 0 Å². The highest BCUT2D eigenvalue weighted by atomic mass is 16.3. The first kappa shape index (κ1) is 17.8. The normalized spacial score (nSPS) is 15.7. The standard InChI is InChI=1S/C19H30N2O2/c1-2-3-4-5-10-19(23)20-17-8-6-7-9-18(17)21-13-11-16(15-22)12-14-21/h6-9,16,22H,2-5,10-15H2,1H3,(H,20,23). The molecule has 128 valence electrons. The van der Waals surface area contributed by atoms with Crippen molar-refractivity contribution in [2.24, 2.45) is 5.92 Å². The van der Waals surface area contributed by atoms with E-state index in [0.29, 0.717) is 12.3 Å². The van der Waals surface area contributed by atoms with Crippen molar-refractivity contribution in [3.8, 4) is 0 Å². The fourth-order valence-electron chi connectivity index (χ4n) is 3.14. The Hall–Kier alpha value is -1.55. The topological polar surface area (TPSA) is 52.6 Å². The predicted octanol–water partition coefficient (Wildman–Crippen LogP) is 3.80. The number of nitrogens with zero attached hydrogens (tertiary/aromatic N) is 1. The first-order valence-corrected chi connectivity index (χ1v) is 8.99. The molecular formula is C19H30N2O2. The van der Waals surface area contributed by atoms with Crippen LogP contribution < -0.4 is 10.2 Å². The third-order valence-electron chi connectivity index (χ3n) is 4.65. The lowest BCUT2D eigenvalue weighted by molar-refractivity contribution is -0.116. The number of rotatable bonds is 8. The molecule has 0 unspecified atom stereocenters. The third kappa shape index (κ3) is 5.54. The highest BCUT2D eigenvalue weighted by Gasteiger charge is 2.20. The van der Waals surface area contributed by atoms with Gasteiger partial charge in [0.1, 0.15) is 0 Å². The number of aliphatic hydroxyl groups excluding tert-OH is 1. The largest absolute Gasteiger partial charge is 0.396 e. The van der Waals surface area contributed by atoms with Gasteiger partial charge in [-0.2, -0.15) is 0 Å². The van der Waals surface area contributed by atoms with Gasteiger partial charge in [0.05, 0.1) is 11.4 Å². The number of amides is 1. The van der Waals surface area contributed by atoms with E-state index in [1.54, 1.807) is 0 Å². The quantitative estimate of drug-likeness (QED) is 0.717. The van der Waals surface area contributed by atoms with Crippen molar-refractivity contribution in [1.82, 2.24) is 0 Å². The maximum Gasteiger partial charge on any atom is 0.224 e. The summed E-state index contributed by atoms with van der Waals surface area (Å²) in [6.45, 7) is 4.34. The smallest absolute Gasteiger partial charge is 0.224 e. The van der Waals surface area contributed by atoms with Crippen LogP contribution in [0.2, 0.25) is 0 Å². The van der Waals surface area contributed by atoms with Crippen LogP contribution >= 0.6 is 0 Å². The van der Waals surface area contributed by atoms with Crippen molar-refractivity contribution in [2.45, 2.75) is 51.9 Å². The van der Waals surface area contributed by atoms with Crippen LogP contribution in [0.3, 0.4) is 0 Å². The van der Waals surface area contributed by atoms with Gasteiger partial charge in [-0.15, -0.1) is 0 Å². The molecule has 0 atom stereocenters. The van der Waals surface area contributed by atoms with Crippen LogP contribution in [0.1, 0.15) is 51.9 Å². The third-order valence-corrected chi connectivity index (χ3v) is 4.65. The van der Waals surface area contributed by atoms with Crippen LogP contribution in [0.25, 0.3) is 0 Å². The van der Waals surface area contributed by atoms with Gasteiger partial charge in [-0.25, -0.2) is 0 Å². The molecule has 1 aliphatic heterocycles. The Bertz CT molecular complexity index is 482. The lowest BCUT2D eigenvalue weighted by Gasteiger charge is -2.34. The minimum atomic E-state index is 0.110. The van der Waals surface area contributed by atoms with E-state index in [0.717, 1.165) is 50.1 Å². The molecule has 0 spiro atoms. The monoisotopic (exact) mass is 318 g/mol. The zero-order valence-corrected chi connectivity index (χ0v) is 14.3. The number of piperidine rings is 1. The summed E-state index contributed by atoms with van der Waals surface area (Å²) in [6.07, 6.45) is 7.09. The molecule has 2 N–H and O–H groups in total. The summed E-state index contributed by atoms with van der Waals surface area (Å²) in [5.74, 6) is 0.533. The van der Waals surface area contributed by atoms with E-state index in [1.165, 1.54) is 12.8 Å². The van der Waals surface area contributed by atoms with Crippen LogP contribution in [-0.4, -0.2) is 30.7 Å². The van der Waals surface area contributed by atoms with Crippen molar-refractivity contribution < 1.29 is 9.90 Å². The Morgan fingerprint density at radius 2 is 1.96 bits per heavy atom. The van der Waals surface area contributed by atoms with Crippen molar-refractivity contribution in [3.05, 3.63) is 24.3 Å². The zero-order chi connectivity index (χ0) is 16.5.